The van der Waals surface area contributed by atoms with Crippen LogP contribution in [0.2, 0.25) is 0 Å². The lowest BCUT2D eigenvalue weighted by molar-refractivity contribution is 0.383. The van der Waals surface area contributed by atoms with Crippen LogP contribution in [0.25, 0.3) is 0 Å². The fourth-order valence-electron chi connectivity index (χ4n) is 3.77. The van der Waals surface area contributed by atoms with Crippen molar-refractivity contribution in [2.24, 2.45) is 0 Å². The summed E-state index contributed by atoms with van der Waals surface area (Å²) in [5.74, 6) is 2.63. The Morgan fingerprint density at radius 1 is 0.487 bits per heavy atom. The second-order valence-corrected chi connectivity index (χ2v) is 13.0. The van der Waals surface area contributed by atoms with Crippen molar-refractivity contribution in [3.05, 3.63) is 83.4 Å². The van der Waals surface area contributed by atoms with Gasteiger partial charge in [-0.1, -0.05) is 92.6 Å². The fraction of sp³-hybridized carbons (Fsp3) is 0.486. The molecular weight excluding hydrogens is 482 g/mol. The minimum absolute atomic E-state index is 0.0949. The molecule has 3 aromatic rings. The minimum atomic E-state index is 0.0949. The Kier molecular flexibility index (Phi) is 12.4. The second kappa shape index (κ2) is 14.3. The molecule has 0 saturated carbocycles. The minimum Gasteiger partial charge on any atom is -0.497 e. The van der Waals surface area contributed by atoms with Crippen molar-refractivity contribution in [3.8, 4) is 17.2 Å². The average molecular weight is 536 g/mol. The van der Waals surface area contributed by atoms with Gasteiger partial charge in [0.15, 0.2) is 0 Å². The molecule has 0 aliphatic carbocycles. The van der Waals surface area contributed by atoms with Crippen LogP contribution in [0, 0.1) is 0 Å². The van der Waals surface area contributed by atoms with Crippen LogP contribution in [0.4, 0.5) is 5.69 Å². The Labute approximate surface area is 239 Å². The Hall–Kier alpha value is -3.14. The zero-order chi connectivity index (χ0) is 30.0. The summed E-state index contributed by atoms with van der Waals surface area (Å²) in [6.45, 7) is 19.8. The number of nitrogens with zero attached hydrogens (tertiary/aromatic N) is 1. The zero-order valence-electron chi connectivity index (χ0n) is 27.0. The molecule has 0 heterocycles. The first kappa shape index (κ1) is 33.9. The molecular formula is C35H53NO3. The predicted molar refractivity (Wildman–Crippen MR) is 169 cm³/mol. The van der Waals surface area contributed by atoms with Gasteiger partial charge in [0.1, 0.15) is 17.2 Å². The number of ether oxygens (including phenoxy) is 3. The first-order valence-corrected chi connectivity index (χ1v) is 13.6. The van der Waals surface area contributed by atoms with E-state index in [4.69, 9.17) is 14.2 Å². The van der Waals surface area contributed by atoms with Crippen LogP contribution in [-0.2, 0) is 16.2 Å². The third-order valence-electron chi connectivity index (χ3n) is 6.42. The Bertz CT molecular complexity index is 1110. The summed E-state index contributed by atoms with van der Waals surface area (Å²) in [5, 5.41) is 0. The normalized spacial score (nSPS) is 11.3. The quantitative estimate of drug-likeness (QED) is 0.333. The fourth-order valence-corrected chi connectivity index (χ4v) is 3.77. The van der Waals surface area contributed by atoms with E-state index < -0.39 is 0 Å². The molecule has 0 aliphatic rings. The highest BCUT2D eigenvalue weighted by atomic mass is 16.5. The van der Waals surface area contributed by atoms with Gasteiger partial charge in [-0.2, -0.15) is 0 Å². The lowest BCUT2D eigenvalue weighted by Crippen LogP contribution is -2.12. The number of anilines is 1. The van der Waals surface area contributed by atoms with E-state index in [9.17, 15) is 0 Å². The Morgan fingerprint density at radius 3 is 1.23 bits per heavy atom. The molecule has 39 heavy (non-hydrogen) atoms. The SMILES string of the molecule is CN(C)c1ccc(C(C)(C)C)cc1.COc1ccc(C(C)(C)C)c(OC)c1.COc1ccc(C(C)(C)C)cc1. The van der Waals surface area contributed by atoms with Crippen molar-refractivity contribution >= 4 is 5.69 Å². The van der Waals surface area contributed by atoms with E-state index in [0.29, 0.717) is 0 Å². The summed E-state index contributed by atoms with van der Waals surface area (Å²) in [6, 6.07) is 22.9. The van der Waals surface area contributed by atoms with Gasteiger partial charge in [-0.05, 0) is 63.3 Å². The molecule has 0 bridgehead atoms. The highest BCUT2D eigenvalue weighted by molar-refractivity contribution is 5.47. The molecule has 4 nitrogen and oxygen atoms in total. The molecule has 0 saturated heterocycles. The average Bonchev–Trinajstić information content (AvgIpc) is 2.87. The van der Waals surface area contributed by atoms with Crippen LogP contribution in [0.3, 0.4) is 0 Å². The van der Waals surface area contributed by atoms with Crippen LogP contribution in [0.15, 0.2) is 66.7 Å². The Balaban J connectivity index is 0.000000293. The smallest absolute Gasteiger partial charge is 0.126 e. The summed E-state index contributed by atoms with van der Waals surface area (Å²) >= 11 is 0. The van der Waals surface area contributed by atoms with Crippen LogP contribution in [-0.4, -0.2) is 35.4 Å². The van der Waals surface area contributed by atoms with Crippen molar-refractivity contribution in [1.82, 2.24) is 0 Å². The largest absolute Gasteiger partial charge is 0.497 e. The van der Waals surface area contributed by atoms with Gasteiger partial charge >= 0.3 is 0 Å². The van der Waals surface area contributed by atoms with Gasteiger partial charge in [-0.25, -0.2) is 0 Å². The van der Waals surface area contributed by atoms with Gasteiger partial charge in [0.05, 0.1) is 21.3 Å². The number of hydrogen-bond acceptors (Lipinski definition) is 4. The summed E-state index contributed by atoms with van der Waals surface area (Å²) in [6.07, 6.45) is 0. The third-order valence-corrected chi connectivity index (χ3v) is 6.42. The molecule has 0 aromatic heterocycles. The second-order valence-electron chi connectivity index (χ2n) is 13.0. The molecule has 216 valence electrons. The number of benzene rings is 3. The molecule has 3 rings (SSSR count). The molecule has 0 radical (unpaired) electrons. The van der Waals surface area contributed by atoms with E-state index in [1.54, 1.807) is 21.3 Å². The van der Waals surface area contributed by atoms with E-state index in [1.165, 1.54) is 22.4 Å². The van der Waals surface area contributed by atoms with E-state index in [-0.39, 0.29) is 16.2 Å². The highest BCUT2D eigenvalue weighted by Gasteiger charge is 2.19. The van der Waals surface area contributed by atoms with Crippen LogP contribution in [0.5, 0.6) is 17.2 Å². The van der Waals surface area contributed by atoms with Crippen molar-refractivity contribution in [2.45, 2.75) is 78.6 Å². The van der Waals surface area contributed by atoms with Crippen molar-refractivity contribution < 1.29 is 14.2 Å². The molecule has 0 N–H and O–H groups in total. The van der Waals surface area contributed by atoms with Crippen molar-refractivity contribution in [2.75, 3.05) is 40.3 Å². The summed E-state index contributed by atoms with van der Waals surface area (Å²) in [5.41, 5.74) is 5.75. The van der Waals surface area contributed by atoms with Gasteiger partial charge in [0.25, 0.3) is 0 Å². The van der Waals surface area contributed by atoms with E-state index in [1.807, 2.05) is 24.3 Å². The zero-order valence-corrected chi connectivity index (χ0v) is 27.0. The van der Waals surface area contributed by atoms with Gasteiger partial charge in [-0.3, -0.25) is 0 Å². The maximum absolute atomic E-state index is 5.33. The van der Waals surface area contributed by atoms with Crippen molar-refractivity contribution in [3.63, 3.8) is 0 Å². The number of rotatable bonds is 4. The maximum Gasteiger partial charge on any atom is 0.126 e. The molecule has 0 atom stereocenters. The van der Waals surface area contributed by atoms with E-state index in [2.05, 4.69) is 124 Å². The lowest BCUT2D eigenvalue weighted by Gasteiger charge is -2.22. The lowest BCUT2D eigenvalue weighted by atomic mass is 9.86. The molecule has 4 heteroatoms. The van der Waals surface area contributed by atoms with Crippen LogP contribution in [0.1, 0.15) is 79.0 Å². The first-order valence-electron chi connectivity index (χ1n) is 13.6. The third kappa shape index (κ3) is 11.2. The van der Waals surface area contributed by atoms with E-state index >= 15 is 0 Å². The molecule has 0 amide bonds. The Morgan fingerprint density at radius 2 is 0.897 bits per heavy atom. The number of methoxy groups -OCH3 is 3. The van der Waals surface area contributed by atoms with Gasteiger partial charge in [0, 0.05) is 25.8 Å². The molecule has 3 aromatic carbocycles. The van der Waals surface area contributed by atoms with Gasteiger partial charge < -0.3 is 19.1 Å². The monoisotopic (exact) mass is 535 g/mol. The van der Waals surface area contributed by atoms with Gasteiger partial charge in [0.2, 0.25) is 0 Å². The summed E-state index contributed by atoms with van der Waals surface area (Å²) < 4.78 is 15.6. The maximum atomic E-state index is 5.33. The predicted octanol–water partition coefficient (Wildman–Crippen LogP) is 9.04. The standard InChI is InChI=1S/C12H19N.C12H18O2.C11H16O/c1-12(2,3)10-6-8-11(9-7-10)13(4)5;1-12(2,3)10-7-6-9(13-4)8-11(10)14-5;1-11(2,3)9-5-7-10(12-4)8-6-9/h6-9H,1-5H3;6-8H,1-5H3;5-8H,1-4H3. The molecule has 0 spiro atoms. The van der Waals surface area contributed by atoms with Gasteiger partial charge in [-0.15, -0.1) is 0 Å². The number of hydrogen-bond donors (Lipinski definition) is 0. The molecule has 0 fully saturated rings. The highest BCUT2D eigenvalue weighted by Crippen LogP contribution is 2.33. The van der Waals surface area contributed by atoms with Crippen LogP contribution < -0.4 is 19.1 Å². The molecule has 0 unspecified atom stereocenters. The molecule has 0 aliphatic heterocycles. The van der Waals surface area contributed by atoms with E-state index in [0.717, 1.165) is 17.2 Å². The van der Waals surface area contributed by atoms with Crippen molar-refractivity contribution in [1.29, 1.82) is 0 Å². The summed E-state index contributed by atoms with van der Waals surface area (Å²) in [7, 11) is 9.15. The van der Waals surface area contributed by atoms with Crippen LogP contribution >= 0.6 is 0 Å². The summed E-state index contributed by atoms with van der Waals surface area (Å²) in [4.78, 5) is 2.12. The first-order chi connectivity index (χ1) is 17.9. The topological polar surface area (TPSA) is 30.9 Å².